The van der Waals surface area contributed by atoms with Gasteiger partial charge in [-0.25, -0.2) is 0 Å². The molecule has 2 atom stereocenters. The van der Waals surface area contributed by atoms with Crippen LogP contribution in [-0.4, -0.2) is 30.7 Å². The van der Waals surface area contributed by atoms with Gasteiger partial charge in [0.2, 0.25) is 5.91 Å². The third-order valence-corrected chi connectivity index (χ3v) is 5.95. The number of hydrogen-bond donors (Lipinski definition) is 2. The molecule has 2 rings (SSSR count). The molecule has 0 heterocycles. The number of nitrogens with two attached hydrogens (primary N) is 1. The summed E-state index contributed by atoms with van der Waals surface area (Å²) in [6.45, 7) is 11.9. The number of ether oxygens (including phenoxy) is 1. The third-order valence-electron chi connectivity index (χ3n) is 5.95. The van der Waals surface area contributed by atoms with Crippen molar-refractivity contribution in [2.45, 2.75) is 65.5 Å². The molecule has 2 saturated carbocycles. The summed E-state index contributed by atoms with van der Waals surface area (Å²) in [4.78, 5) is 12.5. The maximum atomic E-state index is 12.5. The summed E-state index contributed by atoms with van der Waals surface area (Å²) in [5, 5.41) is 3.11. The molecule has 2 fully saturated rings. The Kier molecular flexibility index (Phi) is 5.40. The van der Waals surface area contributed by atoms with Crippen LogP contribution in [0, 0.1) is 16.7 Å². The quantitative estimate of drug-likeness (QED) is 0.791. The van der Waals surface area contributed by atoms with Crippen LogP contribution in [0.2, 0.25) is 0 Å². The number of halogens is 1. The van der Waals surface area contributed by atoms with Crippen molar-refractivity contribution in [1.82, 2.24) is 5.32 Å². The predicted octanol–water partition coefficient (Wildman–Crippen LogP) is 2.49. The number of hydrogen-bond acceptors (Lipinski definition) is 3. The Balaban J connectivity index is 0.00000220. The molecule has 0 saturated heterocycles. The van der Waals surface area contributed by atoms with Gasteiger partial charge in [-0.05, 0) is 31.1 Å². The predicted molar refractivity (Wildman–Crippen MR) is 87.5 cm³/mol. The van der Waals surface area contributed by atoms with Crippen molar-refractivity contribution in [1.29, 1.82) is 0 Å². The fourth-order valence-electron chi connectivity index (χ4n) is 3.35. The molecule has 2 aliphatic rings. The van der Waals surface area contributed by atoms with Gasteiger partial charge in [-0.2, -0.15) is 0 Å². The summed E-state index contributed by atoms with van der Waals surface area (Å²) in [5.41, 5.74) is 5.60. The van der Waals surface area contributed by atoms with E-state index in [1.165, 1.54) is 12.8 Å². The van der Waals surface area contributed by atoms with Gasteiger partial charge in [0, 0.05) is 25.0 Å². The average molecular weight is 319 g/mol. The van der Waals surface area contributed by atoms with Gasteiger partial charge in [-0.1, -0.05) is 27.7 Å². The SMILES string of the molecule is CCOC1CC(N)(C(=O)NCC2(C(C)C)CC2)C1(C)C.Cl. The number of amides is 1. The van der Waals surface area contributed by atoms with E-state index in [0.717, 1.165) is 6.54 Å². The molecule has 5 heteroatoms. The molecule has 0 aliphatic heterocycles. The van der Waals surface area contributed by atoms with E-state index in [1.807, 2.05) is 20.8 Å². The molecule has 0 aromatic rings. The first-order chi connectivity index (χ1) is 9.19. The summed E-state index contributed by atoms with van der Waals surface area (Å²) < 4.78 is 5.67. The van der Waals surface area contributed by atoms with E-state index in [1.54, 1.807) is 0 Å². The minimum atomic E-state index is -0.792. The van der Waals surface area contributed by atoms with E-state index in [4.69, 9.17) is 10.5 Å². The molecule has 0 bridgehead atoms. The molecule has 0 aromatic carbocycles. The molecule has 2 aliphatic carbocycles. The topological polar surface area (TPSA) is 64.3 Å². The minimum absolute atomic E-state index is 0. The smallest absolute Gasteiger partial charge is 0.240 e. The second-order valence-corrected chi connectivity index (χ2v) is 7.54. The maximum Gasteiger partial charge on any atom is 0.240 e. The largest absolute Gasteiger partial charge is 0.378 e. The lowest BCUT2D eigenvalue weighted by Gasteiger charge is -2.57. The first-order valence-electron chi connectivity index (χ1n) is 7.88. The summed E-state index contributed by atoms with van der Waals surface area (Å²) in [6, 6.07) is 0. The zero-order valence-electron chi connectivity index (χ0n) is 14.0. The van der Waals surface area contributed by atoms with Gasteiger partial charge in [0.15, 0.2) is 0 Å². The Morgan fingerprint density at radius 2 is 1.95 bits per heavy atom. The molecule has 0 spiro atoms. The van der Waals surface area contributed by atoms with E-state index in [9.17, 15) is 4.79 Å². The fraction of sp³-hybridized carbons (Fsp3) is 0.938. The summed E-state index contributed by atoms with van der Waals surface area (Å²) in [7, 11) is 0. The molecular weight excluding hydrogens is 288 g/mol. The van der Waals surface area contributed by atoms with Gasteiger partial charge in [0.25, 0.3) is 0 Å². The van der Waals surface area contributed by atoms with Crippen molar-refractivity contribution in [3.05, 3.63) is 0 Å². The molecule has 124 valence electrons. The molecular formula is C16H31ClN2O2. The highest BCUT2D eigenvalue weighted by Crippen LogP contribution is 2.52. The zero-order valence-corrected chi connectivity index (χ0v) is 14.8. The summed E-state index contributed by atoms with van der Waals surface area (Å²) >= 11 is 0. The van der Waals surface area contributed by atoms with Crippen LogP contribution in [0.1, 0.15) is 53.9 Å². The standard InChI is InChI=1S/C16H30N2O2.ClH/c1-6-20-12-9-16(17,14(12,4)5)13(19)18-10-15(7-8-15)11(2)3;/h11-12H,6-10,17H2,1-5H3,(H,18,19);1H. The zero-order chi connectivity index (χ0) is 15.2. The van der Waals surface area contributed by atoms with E-state index in [2.05, 4.69) is 19.2 Å². The highest BCUT2D eigenvalue weighted by Gasteiger charge is 2.63. The Labute approximate surface area is 135 Å². The maximum absolute atomic E-state index is 12.5. The Morgan fingerprint density at radius 1 is 1.38 bits per heavy atom. The van der Waals surface area contributed by atoms with E-state index in [0.29, 0.717) is 24.4 Å². The van der Waals surface area contributed by atoms with Crippen molar-refractivity contribution < 1.29 is 9.53 Å². The van der Waals surface area contributed by atoms with E-state index in [-0.39, 0.29) is 29.8 Å². The minimum Gasteiger partial charge on any atom is -0.378 e. The highest BCUT2D eigenvalue weighted by atomic mass is 35.5. The second kappa shape index (κ2) is 6.05. The number of carbonyl (C=O) groups excluding carboxylic acids is 1. The molecule has 4 nitrogen and oxygen atoms in total. The summed E-state index contributed by atoms with van der Waals surface area (Å²) in [5.74, 6) is 0.604. The van der Waals surface area contributed by atoms with E-state index >= 15 is 0 Å². The van der Waals surface area contributed by atoms with Crippen LogP contribution in [0.4, 0.5) is 0 Å². The summed E-state index contributed by atoms with van der Waals surface area (Å²) in [6.07, 6.45) is 3.14. The van der Waals surface area contributed by atoms with Crippen LogP contribution in [0.15, 0.2) is 0 Å². The van der Waals surface area contributed by atoms with Gasteiger partial charge in [-0.15, -0.1) is 12.4 Å². The van der Waals surface area contributed by atoms with Crippen LogP contribution in [0.25, 0.3) is 0 Å². The molecule has 0 radical (unpaired) electrons. The molecule has 1 amide bonds. The van der Waals surface area contributed by atoms with Crippen molar-refractivity contribution in [2.75, 3.05) is 13.2 Å². The molecule has 0 aromatic heterocycles. The fourth-order valence-corrected chi connectivity index (χ4v) is 3.35. The molecule has 2 unspecified atom stereocenters. The lowest BCUT2D eigenvalue weighted by Crippen LogP contribution is -2.76. The molecule has 21 heavy (non-hydrogen) atoms. The van der Waals surface area contributed by atoms with Gasteiger partial charge < -0.3 is 15.8 Å². The van der Waals surface area contributed by atoms with Crippen LogP contribution >= 0.6 is 12.4 Å². The van der Waals surface area contributed by atoms with Crippen LogP contribution in [-0.2, 0) is 9.53 Å². The Bertz CT molecular complexity index is 394. The van der Waals surface area contributed by atoms with Gasteiger partial charge >= 0.3 is 0 Å². The van der Waals surface area contributed by atoms with Crippen molar-refractivity contribution in [3.63, 3.8) is 0 Å². The average Bonchev–Trinajstić information content (AvgIpc) is 3.16. The van der Waals surface area contributed by atoms with Gasteiger partial charge in [0.05, 0.1) is 6.10 Å². The monoisotopic (exact) mass is 318 g/mol. The van der Waals surface area contributed by atoms with Crippen LogP contribution in [0.3, 0.4) is 0 Å². The lowest BCUT2D eigenvalue weighted by atomic mass is 9.54. The number of rotatable bonds is 6. The highest BCUT2D eigenvalue weighted by molar-refractivity contribution is 5.88. The lowest BCUT2D eigenvalue weighted by molar-refractivity contribution is -0.170. The van der Waals surface area contributed by atoms with Crippen molar-refractivity contribution in [3.8, 4) is 0 Å². The van der Waals surface area contributed by atoms with Gasteiger partial charge in [-0.3, -0.25) is 4.79 Å². The van der Waals surface area contributed by atoms with Crippen molar-refractivity contribution in [2.24, 2.45) is 22.5 Å². The Morgan fingerprint density at radius 3 is 2.33 bits per heavy atom. The molecule has 3 N–H and O–H groups in total. The third kappa shape index (κ3) is 2.95. The number of carbonyl (C=O) groups is 1. The first-order valence-corrected chi connectivity index (χ1v) is 7.88. The van der Waals surface area contributed by atoms with Gasteiger partial charge in [0.1, 0.15) is 5.54 Å². The first kappa shape index (κ1) is 18.7. The van der Waals surface area contributed by atoms with Crippen LogP contribution < -0.4 is 11.1 Å². The normalized spacial score (nSPS) is 32.0. The number of nitrogens with one attached hydrogen (secondary N) is 1. The Hall–Kier alpha value is -0.320. The van der Waals surface area contributed by atoms with E-state index < -0.39 is 5.54 Å². The van der Waals surface area contributed by atoms with Crippen molar-refractivity contribution >= 4 is 18.3 Å². The second-order valence-electron chi connectivity index (χ2n) is 7.54. The van der Waals surface area contributed by atoms with Crippen LogP contribution in [0.5, 0.6) is 0 Å².